The van der Waals surface area contributed by atoms with Gasteiger partial charge in [-0.2, -0.15) is 0 Å². The first-order valence-electron chi connectivity index (χ1n) is 8.17. The molecule has 0 fully saturated rings. The summed E-state index contributed by atoms with van der Waals surface area (Å²) >= 11 is 0. The van der Waals surface area contributed by atoms with Crippen LogP contribution in [0.5, 0.6) is 0 Å². The quantitative estimate of drug-likeness (QED) is 0.726. The SMILES string of the molecule is Cc1cc(F)ccc1[C@H](C)[C@@H](C)OC(=O)CCC(=O)OC(C)(C)C. The molecule has 0 amide bonds. The van der Waals surface area contributed by atoms with Crippen LogP contribution in [0.15, 0.2) is 18.2 Å². The molecule has 1 aromatic rings. The van der Waals surface area contributed by atoms with Crippen molar-refractivity contribution in [2.45, 2.75) is 72.0 Å². The zero-order valence-corrected chi connectivity index (χ0v) is 15.3. The van der Waals surface area contributed by atoms with Gasteiger partial charge in [0.1, 0.15) is 17.5 Å². The number of hydrogen-bond donors (Lipinski definition) is 0. The molecule has 4 nitrogen and oxygen atoms in total. The average molecular weight is 338 g/mol. The lowest BCUT2D eigenvalue weighted by Crippen LogP contribution is -2.25. The molecule has 0 aromatic heterocycles. The second kappa shape index (κ2) is 8.27. The minimum absolute atomic E-state index is 0.00716. The van der Waals surface area contributed by atoms with Crippen LogP contribution in [-0.4, -0.2) is 23.6 Å². The predicted octanol–water partition coefficient (Wildman–Crippen LogP) is 4.29. The van der Waals surface area contributed by atoms with Crippen molar-refractivity contribution in [1.29, 1.82) is 0 Å². The second-order valence-electron chi connectivity index (χ2n) is 7.07. The number of halogens is 1. The molecule has 134 valence electrons. The van der Waals surface area contributed by atoms with Crippen molar-refractivity contribution in [3.63, 3.8) is 0 Å². The minimum atomic E-state index is -0.567. The minimum Gasteiger partial charge on any atom is -0.462 e. The Morgan fingerprint density at radius 3 is 2.25 bits per heavy atom. The molecule has 0 saturated heterocycles. The summed E-state index contributed by atoms with van der Waals surface area (Å²) in [5.74, 6) is -1.23. The van der Waals surface area contributed by atoms with Gasteiger partial charge in [-0.1, -0.05) is 13.0 Å². The highest BCUT2D eigenvalue weighted by Gasteiger charge is 2.22. The van der Waals surface area contributed by atoms with Gasteiger partial charge in [0.15, 0.2) is 0 Å². The van der Waals surface area contributed by atoms with E-state index in [1.807, 2.05) is 13.8 Å². The van der Waals surface area contributed by atoms with E-state index in [0.717, 1.165) is 11.1 Å². The van der Waals surface area contributed by atoms with Crippen molar-refractivity contribution in [2.24, 2.45) is 0 Å². The number of esters is 2. The van der Waals surface area contributed by atoms with E-state index in [2.05, 4.69) is 0 Å². The predicted molar refractivity (Wildman–Crippen MR) is 90.2 cm³/mol. The molecule has 5 heteroatoms. The Morgan fingerprint density at radius 1 is 1.12 bits per heavy atom. The first-order valence-corrected chi connectivity index (χ1v) is 8.17. The molecule has 24 heavy (non-hydrogen) atoms. The smallest absolute Gasteiger partial charge is 0.306 e. The molecule has 0 saturated carbocycles. The van der Waals surface area contributed by atoms with E-state index in [4.69, 9.17) is 9.47 Å². The van der Waals surface area contributed by atoms with E-state index >= 15 is 0 Å². The van der Waals surface area contributed by atoms with E-state index in [-0.39, 0.29) is 30.7 Å². The standard InChI is InChI=1S/C19H27FO4/c1-12-11-15(20)7-8-16(12)13(2)14(3)23-17(21)9-10-18(22)24-19(4,5)6/h7-8,11,13-14H,9-10H2,1-6H3/t13-,14-/m1/s1. The molecule has 1 aromatic carbocycles. The number of benzene rings is 1. The highest BCUT2D eigenvalue weighted by Crippen LogP contribution is 2.25. The Morgan fingerprint density at radius 2 is 1.71 bits per heavy atom. The molecule has 0 N–H and O–H groups in total. The van der Waals surface area contributed by atoms with Crippen LogP contribution in [-0.2, 0) is 19.1 Å². The van der Waals surface area contributed by atoms with Gasteiger partial charge >= 0.3 is 11.9 Å². The Labute approximate surface area is 143 Å². The summed E-state index contributed by atoms with van der Waals surface area (Å²) in [6, 6.07) is 4.57. The molecule has 0 radical (unpaired) electrons. The normalized spacial score (nSPS) is 14.0. The van der Waals surface area contributed by atoms with Crippen LogP contribution in [0.3, 0.4) is 0 Å². The summed E-state index contributed by atoms with van der Waals surface area (Å²) < 4.78 is 23.7. The maximum absolute atomic E-state index is 13.2. The van der Waals surface area contributed by atoms with Crippen molar-refractivity contribution < 1.29 is 23.5 Å². The van der Waals surface area contributed by atoms with Crippen LogP contribution in [0, 0.1) is 12.7 Å². The number of carbonyl (C=O) groups excluding carboxylic acids is 2. The summed E-state index contributed by atoms with van der Waals surface area (Å²) in [5, 5.41) is 0. The maximum Gasteiger partial charge on any atom is 0.306 e. The number of hydrogen-bond acceptors (Lipinski definition) is 4. The van der Waals surface area contributed by atoms with Gasteiger partial charge in [0.25, 0.3) is 0 Å². The molecular weight excluding hydrogens is 311 g/mol. The number of rotatable bonds is 6. The summed E-state index contributed by atoms with van der Waals surface area (Å²) in [6.07, 6.45) is -0.401. The first kappa shape index (κ1) is 20.1. The van der Waals surface area contributed by atoms with Crippen LogP contribution < -0.4 is 0 Å². The third kappa shape index (κ3) is 6.69. The second-order valence-corrected chi connectivity index (χ2v) is 7.07. The van der Waals surface area contributed by atoms with E-state index in [0.29, 0.717) is 0 Å². The summed E-state index contributed by atoms with van der Waals surface area (Å²) in [5.41, 5.74) is 1.19. The largest absolute Gasteiger partial charge is 0.462 e. The molecule has 0 unspecified atom stereocenters. The first-order chi connectivity index (χ1) is 11.0. The lowest BCUT2D eigenvalue weighted by atomic mass is 9.92. The van der Waals surface area contributed by atoms with Crippen molar-refractivity contribution in [3.8, 4) is 0 Å². The number of carbonyl (C=O) groups is 2. The van der Waals surface area contributed by atoms with Crippen LogP contribution in [0.25, 0.3) is 0 Å². The topological polar surface area (TPSA) is 52.6 Å². The lowest BCUT2D eigenvalue weighted by Gasteiger charge is -2.23. The highest BCUT2D eigenvalue weighted by atomic mass is 19.1. The fourth-order valence-corrected chi connectivity index (χ4v) is 2.37. The Hall–Kier alpha value is -1.91. The van der Waals surface area contributed by atoms with Crippen LogP contribution in [0.1, 0.15) is 64.5 Å². The third-order valence-electron chi connectivity index (χ3n) is 3.70. The van der Waals surface area contributed by atoms with E-state index in [1.165, 1.54) is 12.1 Å². The van der Waals surface area contributed by atoms with Crippen molar-refractivity contribution in [1.82, 2.24) is 0 Å². The van der Waals surface area contributed by atoms with Gasteiger partial charge in [0.2, 0.25) is 0 Å². The maximum atomic E-state index is 13.2. The Kier molecular flexibility index (Phi) is 6.93. The van der Waals surface area contributed by atoms with Crippen LogP contribution in [0.4, 0.5) is 4.39 Å². The van der Waals surface area contributed by atoms with Crippen molar-refractivity contribution in [2.75, 3.05) is 0 Å². The van der Waals surface area contributed by atoms with Gasteiger partial charge in [-0.15, -0.1) is 0 Å². The lowest BCUT2D eigenvalue weighted by molar-refractivity contribution is -0.159. The molecule has 1 rings (SSSR count). The molecule has 0 bridgehead atoms. The third-order valence-corrected chi connectivity index (χ3v) is 3.70. The van der Waals surface area contributed by atoms with E-state index in [9.17, 15) is 14.0 Å². The van der Waals surface area contributed by atoms with Crippen LogP contribution >= 0.6 is 0 Å². The fraction of sp³-hybridized carbons (Fsp3) is 0.579. The summed E-state index contributed by atoms with van der Waals surface area (Å²) in [6.45, 7) is 10.9. The summed E-state index contributed by atoms with van der Waals surface area (Å²) in [4.78, 5) is 23.5. The monoisotopic (exact) mass is 338 g/mol. The van der Waals surface area contributed by atoms with Gasteiger partial charge in [-0.05, 0) is 57.9 Å². The molecular formula is C19H27FO4. The number of aryl methyl sites for hydroxylation is 1. The van der Waals surface area contributed by atoms with E-state index in [1.54, 1.807) is 33.8 Å². The molecule has 0 heterocycles. The van der Waals surface area contributed by atoms with Gasteiger partial charge in [0, 0.05) is 5.92 Å². The molecule has 2 atom stereocenters. The molecule has 0 aliphatic rings. The zero-order chi connectivity index (χ0) is 18.5. The van der Waals surface area contributed by atoms with Gasteiger partial charge in [-0.3, -0.25) is 9.59 Å². The summed E-state index contributed by atoms with van der Waals surface area (Å²) in [7, 11) is 0. The van der Waals surface area contributed by atoms with Crippen molar-refractivity contribution >= 4 is 11.9 Å². The van der Waals surface area contributed by atoms with E-state index < -0.39 is 17.5 Å². The average Bonchev–Trinajstić information content (AvgIpc) is 2.42. The van der Waals surface area contributed by atoms with Gasteiger partial charge in [-0.25, -0.2) is 4.39 Å². The fourth-order valence-electron chi connectivity index (χ4n) is 2.37. The Bertz CT molecular complexity index is 590. The van der Waals surface area contributed by atoms with Gasteiger partial charge in [0.05, 0.1) is 12.8 Å². The molecule has 0 aliphatic heterocycles. The zero-order valence-electron chi connectivity index (χ0n) is 15.3. The molecule has 0 spiro atoms. The van der Waals surface area contributed by atoms with Crippen LogP contribution in [0.2, 0.25) is 0 Å². The number of ether oxygens (including phenoxy) is 2. The molecule has 0 aliphatic carbocycles. The van der Waals surface area contributed by atoms with Crippen molar-refractivity contribution in [3.05, 3.63) is 35.1 Å². The highest BCUT2D eigenvalue weighted by molar-refractivity contribution is 5.78. The Balaban J connectivity index is 2.53. The van der Waals surface area contributed by atoms with Gasteiger partial charge < -0.3 is 9.47 Å².